The second-order valence-corrected chi connectivity index (χ2v) is 15.5. The summed E-state index contributed by atoms with van der Waals surface area (Å²) in [6.07, 6.45) is -1.73. The number of hydrogen-bond acceptors (Lipinski definition) is 11. The molecule has 0 saturated carbocycles. The maximum atomic E-state index is 14.1. The van der Waals surface area contributed by atoms with Gasteiger partial charge in [0.05, 0.1) is 46.4 Å². The highest BCUT2D eigenvalue weighted by Crippen LogP contribution is 2.33. The lowest BCUT2D eigenvalue weighted by molar-refractivity contribution is -0.0907. The fourth-order valence-electron chi connectivity index (χ4n) is 5.71. The van der Waals surface area contributed by atoms with E-state index in [-0.39, 0.29) is 49.1 Å². The molecule has 2 aliphatic heterocycles. The van der Waals surface area contributed by atoms with Crippen molar-refractivity contribution >= 4 is 42.8 Å². The molecule has 2 aliphatic rings. The number of fused-ring (bicyclic) bond motifs is 2. The first-order chi connectivity index (χ1) is 22.0. The van der Waals surface area contributed by atoms with Gasteiger partial charge in [0, 0.05) is 26.2 Å². The first kappa shape index (κ1) is 34.5. The molecule has 2 aromatic carbocycles. The number of nitrogens with zero attached hydrogens (tertiary/aromatic N) is 3. The van der Waals surface area contributed by atoms with Crippen molar-refractivity contribution in [3.8, 4) is 0 Å². The Morgan fingerprint density at radius 1 is 1.15 bits per heavy atom. The van der Waals surface area contributed by atoms with E-state index >= 15 is 0 Å². The highest BCUT2D eigenvalue weighted by molar-refractivity contribution is 7.89. The monoisotopic (exact) mass is 675 g/mol. The number of ether oxygens (including phenoxy) is 3. The zero-order chi connectivity index (χ0) is 32.8. The standard InChI is InChI=1S/C32H45N5O7S2/c1-21(2)18-37(46(40,41)23-10-11-25-29(17-23)45-31(34-25)33-13-14-36(3)4)19-27(38)26(16-22-8-6-5-7-9-22)35-32(39)44-28-20-43-30-24(28)12-15-42-30/h5-11,17,21,24,26-28,30,38H,12-16,18-20H2,1-4H3,(H,33,34)(H,35,39)/t24-,26-,27+,28-,30+/m0/s1. The van der Waals surface area contributed by atoms with Crippen LogP contribution in [-0.2, 0) is 30.7 Å². The minimum atomic E-state index is -4.01. The van der Waals surface area contributed by atoms with Crippen LogP contribution in [0.25, 0.3) is 10.2 Å². The summed E-state index contributed by atoms with van der Waals surface area (Å²) in [6, 6.07) is 13.5. The van der Waals surface area contributed by atoms with Crippen LogP contribution in [0.2, 0.25) is 0 Å². The van der Waals surface area contributed by atoms with E-state index in [4.69, 9.17) is 14.2 Å². The van der Waals surface area contributed by atoms with Gasteiger partial charge in [0.15, 0.2) is 11.4 Å². The molecule has 2 fully saturated rings. The molecule has 3 N–H and O–H groups in total. The number of thiazole rings is 1. The van der Waals surface area contributed by atoms with Crippen molar-refractivity contribution in [1.82, 2.24) is 19.5 Å². The molecule has 46 heavy (non-hydrogen) atoms. The topological polar surface area (TPSA) is 143 Å². The van der Waals surface area contributed by atoms with Crippen molar-refractivity contribution in [2.24, 2.45) is 11.8 Å². The molecule has 3 heterocycles. The number of aliphatic hydroxyl groups excluding tert-OH is 1. The van der Waals surface area contributed by atoms with Crippen molar-refractivity contribution < 1.29 is 32.5 Å². The molecule has 5 rings (SSSR count). The summed E-state index contributed by atoms with van der Waals surface area (Å²) in [7, 11) is -0.0254. The molecule has 1 amide bonds. The average molecular weight is 676 g/mol. The van der Waals surface area contributed by atoms with Crippen molar-refractivity contribution in [2.45, 2.75) is 56.1 Å². The van der Waals surface area contributed by atoms with Gasteiger partial charge in [0.1, 0.15) is 6.10 Å². The zero-order valence-corrected chi connectivity index (χ0v) is 28.4. The van der Waals surface area contributed by atoms with Crippen LogP contribution in [0.3, 0.4) is 0 Å². The molecule has 0 aliphatic carbocycles. The number of benzene rings is 2. The summed E-state index contributed by atoms with van der Waals surface area (Å²) in [6.45, 7) is 6.16. The molecule has 0 radical (unpaired) electrons. The normalized spacial score (nSPS) is 21.2. The van der Waals surface area contributed by atoms with Crippen molar-refractivity contribution in [2.75, 3.05) is 58.8 Å². The zero-order valence-electron chi connectivity index (χ0n) is 26.8. The number of aromatic nitrogens is 1. The van der Waals surface area contributed by atoms with E-state index in [2.05, 4.69) is 20.5 Å². The smallest absolute Gasteiger partial charge is 0.407 e. The Balaban J connectivity index is 1.33. The number of aliphatic hydroxyl groups is 1. The minimum Gasteiger partial charge on any atom is -0.443 e. The van der Waals surface area contributed by atoms with Crippen LogP contribution in [0.15, 0.2) is 53.4 Å². The summed E-state index contributed by atoms with van der Waals surface area (Å²) in [5.41, 5.74) is 1.59. The number of hydrogen-bond donors (Lipinski definition) is 3. The number of alkyl carbamates (subject to hydrolysis) is 1. The molecule has 252 valence electrons. The highest BCUT2D eigenvalue weighted by Gasteiger charge is 2.44. The summed E-state index contributed by atoms with van der Waals surface area (Å²) in [5.74, 6) is -0.0493. The largest absolute Gasteiger partial charge is 0.443 e. The Bertz CT molecular complexity index is 1550. The number of likely N-dealkylation sites (N-methyl/N-ethyl adjacent to an activating group) is 1. The molecular weight excluding hydrogens is 631 g/mol. The quantitative estimate of drug-likeness (QED) is 0.220. The number of amides is 1. The Hall–Kier alpha value is -2.85. The Labute approximate surface area is 275 Å². The van der Waals surface area contributed by atoms with E-state index in [0.29, 0.717) is 18.7 Å². The Kier molecular flexibility index (Phi) is 11.5. The van der Waals surface area contributed by atoms with E-state index in [1.807, 2.05) is 58.3 Å². The average Bonchev–Trinajstić information content (AvgIpc) is 3.73. The van der Waals surface area contributed by atoms with Crippen LogP contribution >= 0.6 is 11.3 Å². The molecule has 3 aromatic rings. The predicted molar refractivity (Wildman–Crippen MR) is 177 cm³/mol. The lowest BCUT2D eigenvalue weighted by Crippen LogP contribution is -2.51. The molecule has 5 atom stereocenters. The van der Waals surface area contributed by atoms with Gasteiger partial charge in [-0.1, -0.05) is 55.5 Å². The predicted octanol–water partition coefficient (Wildman–Crippen LogP) is 3.38. The van der Waals surface area contributed by atoms with E-state index in [9.17, 15) is 18.3 Å². The summed E-state index contributed by atoms with van der Waals surface area (Å²) < 4.78 is 47.1. The number of rotatable bonds is 15. The van der Waals surface area contributed by atoms with Gasteiger partial charge in [-0.2, -0.15) is 4.31 Å². The molecule has 12 nitrogen and oxygen atoms in total. The van der Waals surface area contributed by atoms with Gasteiger partial charge in [0.25, 0.3) is 0 Å². The molecule has 0 unspecified atom stereocenters. The van der Waals surface area contributed by atoms with Crippen LogP contribution in [-0.4, -0.2) is 112 Å². The summed E-state index contributed by atoms with van der Waals surface area (Å²) in [4.78, 5) is 19.9. The molecule has 1 aromatic heterocycles. The van der Waals surface area contributed by atoms with E-state index in [1.165, 1.54) is 15.6 Å². The van der Waals surface area contributed by atoms with E-state index in [1.54, 1.807) is 18.2 Å². The van der Waals surface area contributed by atoms with Gasteiger partial charge in [-0.05, 0) is 56.6 Å². The number of nitrogens with one attached hydrogen (secondary N) is 2. The first-order valence-electron chi connectivity index (χ1n) is 15.7. The maximum Gasteiger partial charge on any atom is 0.407 e. The lowest BCUT2D eigenvalue weighted by Gasteiger charge is -2.31. The lowest BCUT2D eigenvalue weighted by atomic mass is 10.0. The summed E-state index contributed by atoms with van der Waals surface area (Å²) >= 11 is 1.40. The van der Waals surface area contributed by atoms with Gasteiger partial charge in [-0.3, -0.25) is 0 Å². The number of carbonyl (C=O) groups excluding carboxylic acids is 1. The fraction of sp³-hybridized carbons (Fsp3) is 0.562. The first-order valence-corrected chi connectivity index (χ1v) is 18.0. The van der Waals surface area contributed by atoms with Crippen LogP contribution in [0.4, 0.5) is 9.93 Å². The van der Waals surface area contributed by atoms with Crippen molar-refractivity contribution in [3.63, 3.8) is 0 Å². The molecule has 0 spiro atoms. The number of carbonyl (C=O) groups is 1. The van der Waals surface area contributed by atoms with Crippen LogP contribution in [0.5, 0.6) is 0 Å². The van der Waals surface area contributed by atoms with Crippen molar-refractivity contribution in [3.05, 3.63) is 54.1 Å². The third kappa shape index (κ3) is 8.73. The highest BCUT2D eigenvalue weighted by atomic mass is 32.2. The van der Waals surface area contributed by atoms with Gasteiger partial charge >= 0.3 is 6.09 Å². The van der Waals surface area contributed by atoms with Gasteiger partial charge < -0.3 is 34.9 Å². The van der Waals surface area contributed by atoms with E-state index < -0.39 is 34.4 Å². The van der Waals surface area contributed by atoms with E-state index in [0.717, 1.165) is 28.4 Å². The molecule has 2 saturated heterocycles. The van der Waals surface area contributed by atoms with Gasteiger partial charge in [0.2, 0.25) is 10.0 Å². The SMILES string of the molecule is CC(C)CN(C[C@@H](O)[C@H](Cc1ccccc1)NC(=O)O[C@H]1CO[C@H]2OCC[C@H]21)S(=O)(=O)c1ccc2nc(NCCN(C)C)sc2c1. The van der Waals surface area contributed by atoms with Crippen LogP contribution in [0.1, 0.15) is 25.8 Å². The Morgan fingerprint density at radius 2 is 1.93 bits per heavy atom. The third-order valence-corrected chi connectivity index (χ3v) is 10.9. The Morgan fingerprint density at radius 3 is 2.67 bits per heavy atom. The maximum absolute atomic E-state index is 14.1. The minimum absolute atomic E-state index is 0.0175. The molecule has 0 bridgehead atoms. The second kappa shape index (κ2) is 15.4. The molecular formula is C32H45N5O7S2. The van der Waals surface area contributed by atoms with Crippen molar-refractivity contribution in [1.29, 1.82) is 0 Å². The fourth-order valence-corrected chi connectivity index (χ4v) is 8.37. The second-order valence-electron chi connectivity index (χ2n) is 12.6. The van der Waals surface area contributed by atoms with Gasteiger partial charge in [-0.15, -0.1) is 0 Å². The van der Waals surface area contributed by atoms with Crippen LogP contribution in [0, 0.1) is 11.8 Å². The number of sulfonamides is 1. The van der Waals surface area contributed by atoms with Gasteiger partial charge in [-0.25, -0.2) is 18.2 Å². The molecule has 14 heteroatoms. The summed E-state index contributed by atoms with van der Waals surface area (Å²) in [5, 5.41) is 18.4. The van der Waals surface area contributed by atoms with Crippen LogP contribution < -0.4 is 10.6 Å². The third-order valence-electron chi connectivity index (χ3n) is 8.10. The number of anilines is 1.